The van der Waals surface area contributed by atoms with Gasteiger partial charge in [-0.3, -0.25) is 4.90 Å². The van der Waals surface area contributed by atoms with E-state index in [1.165, 1.54) is 0 Å². The summed E-state index contributed by atoms with van der Waals surface area (Å²) in [5.74, 6) is 1.65. The van der Waals surface area contributed by atoms with E-state index in [1.54, 1.807) is 0 Å². The molecule has 2 heterocycles. The second kappa shape index (κ2) is 6.22. The molecule has 0 aromatic heterocycles. The van der Waals surface area contributed by atoms with Crippen molar-refractivity contribution in [3.8, 4) is 11.5 Å². The van der Waals surface area contributed by atoms with Crippen molar-refractivity contribution < 1.29 is 14.2 Å². The van der Waals surface area contributed by atoms with Crippen LogP contribution < -0.4 is 15.2 Å². The Morgan fingerprint density at radius 3 is 3.10 bits per heavy atom. The number of fused-ring (bicyclic) bond motifs is 1. The first kappa shape index (κ1) is 14.6. The lowest BCUT2D eigenvalue weighted by atomic mass is 10.1. The zero-order valence-electron chi connectivity index (χ0n) is 12.7. The molecule has 0 radical (unpaired) electrons. The number of rotatable bonds is 4. The summed E-state index contributed by atoms with van der Waals surface area (Å²) in [6.45, 7) is 8.23. The number of nitrogens with zero attached hydrogens (tertiary/aromatic N) is 1. The normalized spacial score (nSPS) is 25.7. The second-order valence-electron chi connectivity index (χ2n) is 6.01. The van der Waals surface area contributed by atoms with Gasteiger partial charge < -0.3 is 19.9 Å². The molecule has 2 N–H and O–H groups in total. The Bertz CT molecular complexity index is 492. The molecular weight excluding hydrogens is 268 g/mol. The van der Waals surface area contributed by atoms with Gasteiger partial charge in [0.25, 0.3) is 0 Å². The molecule has 0 saturated carbocycles. The fourth-order valence-corrected chi connectivity index (χ4v) is 2.81. The minimum absolute atomic E-state index is 0.0182. The molecule has 2 aliphatic rings. The number of ether oxygens (including phenoxy) is 3. The molecule has 1 aromatic rings. The van der Waals surface area contributed by atoms with Crippen LogP contribution in [0.2, 0.25) is 0 Å². The van der Waals surface area contributed by atoms with E-state index in [1.807, 2.05) is 18.2 Å². The van der Waals surface area contributed by atoms with Gasteiger partial charge in [0.15, 0.2) is 0 Å². The van der Waals surface area contributed by atoms with Crippen LogP contribution in [0.1, 0.15) is 25.5 Å². The first-order valence-corrected chi connectivity index (χ1v) is 7.64. The molecular formula is C16H24N2O3. The van der Waals surface area contributed by atoms with Crippen LogP contribution in [0.5, 0.6) is 11.5 Å². The van der Waals surface area contributed by atoms with Crippen molar-refractivity contribution in [2.24, 2.45) is 5.73 Å². The van der Waals surface area contributed by atoms with E-state index in [-0.39, 0.29) is 12.1 Å². The largest absolute Gasteiger partial charge is 0.491 e. The first-order chi connectivity index (χ1) is 10.1. The molecule has 5 nitrogen and oxygen atoms in total. The van der Waals surface area contributed by atoms with Crippen molar-refractivity contribution in [2.45, 2.75) is 32.0 Å². The molecule has 5 heteroatoms. The van der Waals surface area contributed by atoms with Crippen LogP contribution in [0.4, 0.5) is 0 Å². The molecule has 3 rings (SSSR count). The molecule has 21 heavy (non-hydrogen) atoms. The highest BCUT2D eigenvalue weighted by atomic mass is 16.5. The van der Waals surface area contributed by atoms with Gasteiger partial charge in [-0.15, -0.1) is 0 Å². The third-order valence-corrected chi connectivity index (χ3v) is 4.14. The van der Waals surface area contributed by atoms with Gasteiger partial charge in [0.1, 0.15) is 30.8 Å². The standard InChI is InChI=1S/C16H24N2O3/c1-11(2)18-5-6-19-13(8-18)9-20-12-3-4-14-15(17)10-21-16(14)7-12/h3-4,7,11,13,15H,5-6,8-10,17H2,1-2H3. The molecule has 2 aliphatic heterocycles. The van der Waals surface area contributed by atoms with Crippen molar-refractivity contribution in [3.63, 3.8) is 0 Å². The first-order valence-electron chi connectivity index (χ1n) is 7.64. The highest BCUT2D eigenvalue weighted by Crippen LogP contribution is 2.34. The lowest BCUT2D eigenvalue weighted by Crippen LogP contribution is -2.47. The maximum absolute atomic E-state index is 5.94. The van der Waals surface area contributed by atoms with E-state index in [0.29, 0.717) is 19.3 Å². The van der Waals surface area contributed by atoms with E-state index in [2.05, 4.69) is 18.7 Å². The average molecular weight is 292 g/mol. The maximum atomic E-state index is 5.94. The minimum Gasteiger partial charge on any atom is -0.491 e. The number of hydrogen-bond acceptors (Lipinski definition) is 5. The van der Waals surface area contributed by atoms with Crippen LogP contribution in [-0.2, 0) is 4.74 Å². The van der Waals surface area contributed by atoms with Crippen LogP contribution in [0.3, 0.4) is 0 Å². The Kier molecular flexibility index (Phi) is 4.33. The third-order valence-electron chi connectivity index (χ3n) is 4.14. The van der Waals surface area contributed by atoms with Crippen LogP contribution in [-0.4, -0.2) is 50.0 Å². The van der Waals surface area contributed by atoms with Crippen molar-refractivity contribution in [3.05, 3.63) is 23.8 Å². The topological polar surface area (TPSA) is 57.0 Å². The molecule has 0 aliphatic carbocycles. The smallest absolute Gasteiger partial charge is 0.127 e. The fourth-order valence-electron chi connectivity index (χ4n) is 2.81. The number of hydrogen-bond donors (Lipinski definition) is 1. The van der Waals surface area contributed by atoms with E-state index >= 15 is 0 Å². The maximum Gasteiger partial charge on any atom is 0.127 e. The molecule has 1 aromatic carbocycles. The van der Waals surface area contributed by atoms with Gasteiger partial charge >= 0.3 is 0 Å². The van der Waals surface area contributed by atoms with Gasteiger partial charge in [0.05, 0.1) is 12.6 Å². The van der Waals surface area contributed by atoms with E-state index in [0.717, 1.165) is 36.8 Å². The Morgan fingerprint density at radius 1 is 1.43 bits per heavy atom. The van der Waals surface area contributed by atoms with Gasteiger partial charge in [0.2, 0.25) is 0 Å². The summed E-state index contributed by atoms with van der Waals surface area (Å²) in [6.07, 6.45) is 0.123. The molecule has 0 spiro atoms. The van der Waals surface area contributed by atoms with E-state index in [4.69, 9.17) is 19.9 Å². The molecule has 2 unspecified atom stereocenters. The van der Waals surface area contributed by atoms with Crippen molar-refractivity contribution in [1.82, 2.24) is 4.90 Å². The number of morpholine rings is 1. The van der Waals surface area contributed by atoms with Gasteiger partial charge in [0, 0.05) is 30.8 Å². The Balaban J connectivity index is 1.56. The summed E-state index contributed by atoms with van der Waals surface area (Å²) < 4.78 is 17.2. The number of nitrogens with two attached hydrogens (primary N) is 1. The van der Waals surface area contributed by atoms with Gasteiger partial charge in [-0.05, 0) is 26.0 Å². The molecule has 2 atom stereocenters. The predicted octanol–water partition coefficient (Wildman–Crippen LogP) is 1.57. The van der Waals surface area contributed by atoms with Crippen LogP contribution in [0.25, 0.3) is 0 Å². The van der Waals surface area contributed by atoms with Crippen LogP contribution >= 0.6 is 0 Å². The Labute approximate surface area is 126 Å². The highest BCUT2D eigenvalue weighted by Gasteiger charge is 2.24. The summed E-state index contributed by atoms with van der Waals surface area (Å²) in [5.41, 5.74) is 7.00. The molecule has 0 bridgehead atoms. The van der Waals surface area contributed by atoms with E-state index < -0.39 is 0 Å². The summed E-state index contributed by atoms with van der Waals surface area (Å²) >= 11 is 0. The van der Waals surface area contributed by atoms with Crippen LogP contribution in [0.15, 0.2) is 18.2 Å². The van der Waals surface area contributed by atoms with Gasteiger partial charge in [-0.1, -0.05) is 0 Å². The summed E-state index contributed by atoms with van der Waals surface area (Å²) in [5, 5.41) is 0. The lowest BCUT2D eigenvalue weighted by Gasteiger charge is -2.35. The van der Waals surface area contributed by atoms with Crippen molar-refractivity contribution in [2.75, 3.05) is 32.9 Å². The Hall–Kier alpha value is -1.30. The second-order valence-corrected chi connectivity index (χ2v) is 6.01. The summed E-state index contributed by atoms with van der Waals surface area (Å²) in [7, 11) is 0. The zero-order valence-corrected chi connectivity index (χ0v) is 12.7. The quantitative estimate of drug-likeness (QED) is 0.913. The van der Waals surface area contributed by atoms with Gasteiger partial charge in [-0.2, -0.15) is 0 Å². The third kappa shape index (κ3) is 3.31. The molecule has 116 valence electrons. The SMILES string of the molecule is CC(C)N1CCOC(COc2ccc3c(c2)OCC3N)C1. The fraction of sp³-hybridized carbons (Fsp3) is 0.625. The van der Waals surface area contributed by atoms with E-state index in [9.17, 15) is 0 Å². The minimum atomic E-state index is -0.0182. The van der Waals surface area contributed by atoms with Gasteiger partial charge in [-0.25, -0.2) is 0 Å². The summed E-state index contributed by atoms with van der Waals surface area (Å²) in [6, 6.07) is 6.40. The number of benzene rings is 1. The van der Waals surface area contributed by atoms with Crippen molar-refractivity contribution in [1.29, 1.82) is 0 Å². The molecule has 1 saturated heterocycles. The predicted molar refractivity (Wildman–Crippen MR) is 80.8 cm³/mol. The Morgan fingerprint density at radius 2 is 2.29 bits per heavy atom. The summed E-state index contributed by atoms with van der Waals surface area (Å²) in [4.78, 5) is 2.42. The molecule has 1 fully saturated rings. The molecule has 0 amide bonds. The zero-order chi connectivity index (χ0) is 14.8. The van der Waals surface area contributed by atoms with Crippen molar-refractivity contribution >= 4 is 0 Å². The lowest BCUT2D eigenvalue weighted by molar-refractivity contribution is -0.0564. The monoisotopic (exact) mass is 292 g/mol. The van der Waals surface area contributed by atoms with Crippen LogP contribution in [0, 0.1) is 0 Å². The average Bonchev–Trinajstić information content (AvgIpc) is 2.86. The highest BCUT2D eigenvalue weighted by molar-refractivity contribution is 5.44.